The highest BCUT2D eigenvalue weighted by molar-refractivity contribution is 5.40. The van der Waals surface area contributed by atoms with E-state index in [1.165, 1.54) is 0 Å². The number of nitrogens with one attached hydrogen (secondary N) is 1. The second-order valence-electron chi connectivity index (χ2n) is 5.29. The number of ether oxygens (including phenoxy) is 2. The Balaban J connectivity index is 2.82. The Morgan fingerprint density at radius 3 is 2.60 bits per heavy atom. The van der Waals surface area contributed by atoms with Crippen molar-refractivity contribution >= 4 is 0 Å². The number of benzene rings is 1. The lowest BCUT2D eigenvalue weighted by molar-refractivity contribution is 0.00808. The Bertz CT molecular complexity index is 405. The van der Waals surface area contributed by atoms with E-state index < -0.39 is 5.60 Å². The van der Waals surface area contributed by atoms with E-state index in [2.05, 4.69) is 12.2 Å². The Morgan fingerprint density at radius 1 is 1.25 bits per heavy atom. The van der Waals surface area contributed by atoms with Gasteiger partial charge in [-0.25, -0.2) is 0 Å². The van der Waals surface area contributed by atoms with Gasteiger partial charge in [0.1, 0.15) is 18.1 Å². The van der Waals surface area contributed by atoms with Crippen molar-refractivity contribution in [3.63, 3.8) is 0 Å². The van der Waals surface area contributed by atoms with Crippen LogP contribution in [0, 0.1) is 0 Å². The molecule has 1 aromatic carbocycles. The van der Waals surface area contributed by atoms with Gasteiger partial charge >= 0.3 is 0 Å². The van der Waals surface area contributed by atoms with Crippen molar-refractivity contribution in [3.05, 3.63) is 23.8 Å². The van der Waals surface area contributed by atoms with Gasteiger partial charge in [0.05, 0.1) is 12.2 Å². The largest absolute Gasteiger partial charge is 0.493 e. The van der Waals surface area contributed by atoms with Crippen LogP contribution in [0.3, 0.4) is 0 Å². The Hall–Kier alpha value is -1.26. The predicted octanol–water partition coefficient (Wildman–Crippen LogP) is 2.73. The summed E-state index contributed by atoms with van der Waals surface area (Å²) in [6.07, 6.45) is 1.62. The minimum absolute atomic E-state index is 0.275. The van der Waals surface area contributed by atoms with Gasteiger partial charge in [-0.2, -0.15) is 0 Å². The minimum atomic E-state index is -0.808. The summed E-state index contributed by atoms with van der Waals surface area (Å²) in [5.74, 6) is 1.57. The van der Waals surface area contributed by atoms with Gasteiger partial charge in [0.15, 0.2) is 0 Å². The first-order valence-electron chi connectivity index (χ1n) is 7.28. The van der Waals surface area contributed by atoms with Crippen molar-refractivity contribution in [1.82, 2.24) is 5.32 Å². The predicted molar refractivity (Wildman–Crippen MR) is 81.4 cm³/mol. The van der Waals surface area contributed by atoms with E-state index >= 15 is 0 Å². The maximum atomic E-state index is 10.0. The third-order valence-corrected chi connectivity index (χ3v) is 3.18. The number of hydrogen-bond acceptors (Lipinski definition) is 4. The first-order valence-corrected chi connectivity index (χ1v) is 7.28. The molecule has 0 aliphatic carbocycles. The summed E-state index contributed by atoms with van der Waals surface area (Å²) < 4.78 is 11.4. The zero-order valence-electron chi connectivity index (χ0n) is 13.0. The average molecular weight is 281 g/mol. The van der Waals surface area contributed by atoms with Gasteiger partial charge in [0.25, 0.3) is 0 Å². The van der Waals surface area contributed by atoms with Crippen LogP contribution in [0.5, 0.6) is 11.5 Å². The number of aliphatic hydroxyl groups is 1. The van der Waals surface area contributed by atoms with Crippen LogP contribution in [-0.4, -0.2) is 31.0 Å². The number of rotatable bonds is 9. The monoisotopic (exact) mass is 281 g/mol. The summed E-state index contributed by atoms with van der Waals surface area (Å²) in [7, 11) is 1.90. The molecule has 0 spiro atoms. The lowest BCUT2D eigenvalue weighted by Gasteiger charge is -2.23. The fourth-order valence-electron chi connectivity index (χ4n) is 1.65. The van der Waals surface area contributed by atoms with Crippen LogP contribution in [0.2, 0.25) is 0 Å². The fourth-order valence-corrected chi connectivity index (χ4v) is 1.65. The zero-order chi connectivity index (χ0) is 15.0. The lowest BCUT2D eigenvalue weighted by atomic mass is 10.1. The van der Waals surface area contributed by atoms with Gasteiger partial charge in [-0.3, -0.25) is 0 Å². The Morgan fingerprint density at radius 2 is 2.00 bits per heavy atom. The molecule has 20 heavy (non-hydrogen) atoms. The Labute approximate surface area is 122 Å². The highest BCUT2D eigenvalue weighted by atomic mass is 16.5. The van der Waals surface area contributed by atoms with Crippen LogP contribution in [0.1, 0.15) is 39.2 Å². The molecule has 0 radical (unpaired) electrons. The maximum absolute atomic E-state index is 10.0. The standard InChI is InChI=1S/C16H27NO3/c1-5-9-19-14-8-7-13(11-17-4)15(10-14)20-12-16(3,18)6-2/h7-8,10,17-18H,5-6,9,11-12H2,1-4H3. The van der Waals surface area contributed by atoms with Crippen molar-refractivity contribution in [1.29, 1.82) is 0 Å². The molecule has 0 bridgehead atoms. The van der Waals surface area contributed by atoms with Crippen molar-refractivity contribution in [2.45, 2.75) is 45.8 Å². The molecular formula is C16H27NO3. The first kappa shape index (κ1) is 16.8. The molecule has 4 nitrogen and oxygen atoms in total. The molecule has 1 atom stereocenters. The van der Waals surface area contributed by atoms with Gasteiger partial charge in [-0.15, -0.1) is 0 Å². The molecule has 0 saturated heterocycles. The van der Waals surface area contributed by atoms with Gasteiger partial charge < -0.3 is 19.9 Å². The molecule has 0 aliphatic rings. The molecule has 1 unspecified atom stereocenters. The molecule has 0 amide bonds. The van der Waals surface area contributed by atoms with E-state index in [-0.39, 0.29) is 6.61 Å². The molecule has 0 heterocycles. The lowest BCUT2D eigenvalue weighted by Crippen LogP contribution is -2.31. The topological polar surface area (TPSA) is 50.7 Å². The van der Waals surface area contributed by atoms with Crippen LogP contribution in [0.25, 0.3) is 0 Å². The summed E-state index contributed by atoms with van der Waals surface area (Å²) in [5, 5.41) is 13.2. The van der Waals surface area contributed by atoms with E-state index in [0.29, 0.717) is 13.0 Å². The quantitative estimate of drug-likeness (QED) is 0.731. The third-order valence-electron chi connectivity index (χ3n) is 3.18. The van der Waals surface area contributed by atoms with Gasteiger partial charge in [-0.1, -0.05) is 19.9 Å². The second-order valence-corrected chi connectivity index (χ2v) is 5.29. The smallest absolute Gasteiger partial charge is 0.127 e. The van der Waals surface area contributed by atoms with Crippen LogP contribution < -0.4 is 14.8 Å². The van der Waals surface area contributed by atoms with E-state index in [0.717, 1.165) is 30.0 Å². The van der Waals surface area contributed by atoms with E-state index in [1.54, 1.807) is 6.92 Å². The zero-order valence-corrected chi connectivity index (χ0v) is 13.0. The summed E-state index contributed by atoms with van der Waals surface area (Å²) in [6.45, 7) is 7.48. The molecular weight excluding hydrogens is 254 g/mol. The molecule has 4 heteroatoms. The Kier molecular flexibility index (Phi) is 6.82. The summed E-state index contributed by atoms with van der Waals surface area (Å²) in [5.41, 5.74) is 0.250. The van der Waals surface area contributed by atoms with Crippen LogP contribution in [0.4, 0.5) is 0 Å². The SMILES string of the molecule is CCCOc1ccc(CNC)c(OCC(C)(O)CC)c1. The average Bonchev–Trinajstić information content (AvgIpc) is 2.45. The van der Waals surface area contributed by atoms with Crippen molar-refractivity contribution in [3.8, 4) is 11.5 Å². The number of hydrogen-bond donors (Lipinski definition) is 2. The van der Waals surface area contributed by atoms with Gasteiger partial charge in [-0.05, 0) is 32.9 Å². The van der Waals surface area contributed by atoms with Crippen molar-refractivity contribution in [2.24, 2.45) is 0 Å². The molecule has 0 aliphatic heterocycles. The highest BCUT2D eigenvalue weighted by Gasteiger charge is 2.19. The summed E-state index contributed by atoms with van der Waals surface area (Å²) >= 11 is 0. The third kappa shape index (κ3) is 5.39. The molecule has 0 fully saturated rings. The molecule has 114 valence electrons. The highest BCUT2D eigenvalue weighted by Crippen LogP contribution is 2.26. The van der Waals surface area contributed by atoms with Crippen LogP contribution in [-0.2, 0) is 6.54 Å². The van der Waals surface area contributed by atoms with Gasteiger partial charge in [0, 0.05) is 18.2 Å². The summed E-state index contributed by atoms with van der Waals surface area (Å²) in [6, 6.07) is 5.85. The van der Waals surface area contributed by atoms with E-state index in [9.17, 15) is 5.11 Å². The van der Waals surface area contributed by atoms with Crippen molar-refractivity contribution in [2.75, 3.05) is 20.3 Å². The van der Waals surface area contributed by atoms with Crippen LogP contribution in [0.15, 0.2) is 18.2 Å². The molecule has 0 saturated carbocycles. The fraction of sp³-hybridized carbons (Fsp3) is 0.625. The first-order chi connectivity index (χ1) is 9.52. The van der Waals surface area contributed by atoms with Gasteiger partial charge in [0.2, 0.25) is 0 Å². The molecule has 1 aromatic rings. The normalized spacial score (nSPS) is 13.8. The van der Waals surface area contributed by atoms with Crippen LogP contribution >= 0.6 is 0 Å². The summed E-state index contributed by atoms with van der Waals surface area (Å²) in [4.78, 5) is 0. The van der Waals surface area contributed by atoms with E-state index in [1.807, 2.05) is 32.2 Å². The van der Waals surface area contributed by atoms with E-state index in [4.69, 9.17) is 9.47 Å². The molecule has 2 N–H and O–H groups in total. The minimum Gasteiger partial charge on any atom is -0.493 e. The molecule has 0 aromatic heterocycles. The second kappa shape index (κ2) is 8.12. The molecule has 1 rings (SSSR count). The maximum Gasteiger partial charge on any atom is 0.127 e. The van der Waals surface area contributed by atoms with Crippen molar-refractivity contribution < 1.29 is 14.6 Å².